The molecule has 0 atom stereocenters. The van der Waals surface area contributed by atoms with Gasteiger partial charge in [-0.1, -0.05) is 42.5 Å². The number of rotatable bonds is 6. The van der Waals surface area contributed by atoms with E-state index in [1.807, 2.05) is 42.3 Å². The van der Waals surface area contributed by atoms with Crippen LogP contribution in [0.25, 0.3) is 0 Å². The summed E-state index contributed by atoms with van der Waals surface area (Å²) in [6.07, 6.45) is 0. The summed E-state index contributed by atoms with van der Waals surface area (Å²) in [5.74, 6) is -0.285. The minimum Gasteiger partial charge on any atom is -0.319 e. The van der Waals surface area contributed by atoms with Crippen molar-refractivity contribution in [3.8, 4) is 0 Å². The molecule has 0 heterocycles. The first kappa shape index (κ1) is 15.7. The summed E-state index contributed by atoms with van der Waals surface area (Å²) in [6, 6.07) is 15.9. The van der Waals surface area contributed by atoms with Gasteiger partial charge in [0.05, 0.1) is 11.5 Å². The van der Waals surface area contributed by atoms with E-state index >= 15 is 0 Å². The fourth-order valence-electron chi connectivity index (χ4n) is 2.12. The van der Waals surface area contributed by atoms with Gasteiger partial charge < -0.3 is 5.32 Å². The summed E-state index contributed by atoms with van der Waals surface area (Å²) in [7, 11) is 1.83. The largest absolute Gasteiger partial charge is 0.319 e. The molecule has 0 unspecified atom stereocenters. The Bertz CT molecular complexity index is 659. The lowest BCUT2D eigenvalue weighted by Crippen LogP contribution is -2.30. The smallest absolute Gasteiger partial charge is 0.292 e. The maximum absolute atomic E-state index is 12.0. The Morgan fingerprint density at radius 2 is 1.77 bits per heavy atom. The minimum absolute atomic E-state index is 0.110. The Balaban J connectivity index is 1.94. The first-order valence-electron chi connectivity index (χ1n) is 6.82. The molecule has 0 aromatic heterocycles. The van der Waals surface area contributed by atoms with E-state index in [0.717, 1.165) is 5.56 Å². The summed E-state index contributed by atoms with van der Waals surface area (Å²) in [5.41, 5.74) is 1.20. The van der Waals surface area contributed by atoms with Gasteiger partial charge in [0.25, 0.3) is 5.69 Å². The molecule has 0 saturated heterocycles. The highest BCUT2D eigenvalue weighted by atomic mass is 16.6. The SMILES string of the molecule is CN(CC(=O)Nc1ccccc1[N+](=O)[O-])Cc1ccccc1. The van der Waals surface area contributed by atoms with Crippen LogP contribution in [-0.2, 0) is 11.3 Å². The van der Waals surface area contributed by atoms with Gasteiger partial charge in [0.15, 0.2) is 0 Å². The molecule has 114 valence electrons. The van der Waals surface area contributed by atoms with Gasteiger partial charge in [0.1, 0.15) is 5.69 Å². The molecule has 1 amide bonds. The van der Waals surface area contributed by atoms with E-state index in [0.29, 0.717) is 6.54 Å². The van der Waals surface area contributed by atoms with E-state index in [2.05, 4.69) is 5.32 Å². The van der Waals surface area contributed by atoms with E-state index in [-0.39, 0.29) is 23.8 Å². The van der Waals surface area contributed by atoms with E-state index in [9.17, 15) is 14.9 Å². The van der Waals surface area contributed by atoms with Crippen LogP contribution in [0.2, 0.25) is 0 Å². The second-order valence-corrected chi connectivity index (χ2v) is 4.98. The summed E-state index contributed by atoms with van der Waals surface area (Å²) < 4.78 is 0. The van der Waals surface area contributed by atoms with Gasteiger partial charge in [0, 0.05) is 12.6 Å². The summed E-state index contributed by atoms with van der Waals surface area (Å²) >= 11 is 0. The Hall–Kier alpha value is -2.73. The zero-order valence-corrected chi connectivity index (χ0v) is 12.2. The van der Waals surface area contributed by atoms with Crippen LogP contribution >= 0.6 is 0 Å². The molecule has 6 nitrogen and oxygen atoms in total. The Morgan fingerprint density at radius 1 is 1.14 bits per heavy atom. The molecular formula is C16H17N3O3. The normalized spacial score (nSPS) is 10.5. The van der Waals surface area contributed by atoms with Crippen LogP contribution in [0.1, 0.15) is 5.56 Å². The number of anilines is 1. The highest BCUT2D eigenvalue weighted by molar-refractivity contribution is 5.94. The quantitative estimate of drug-likeness (QED) is 0.657. The maximum atomic E-state index is 12.0. The van der Waals surface area contributed by atoms with E-state index < -0.39 is 4.92 Å². The molecule has 2 aromatic carbocycles. The molecule has 2 rings (SSSR count). The summed E-state index contributed by atoms with van der Waals surface area (Å²) in [5, 5.41) is 13.5. The summed E-state index contributed by atoms with van der Waals surface area (Å²) in [4.78, 5) is 24.3. The highest BCUT2D eigenvalue weighted by Crippen LogP contribution is 2.22. The molecule has 0 radical (unpaired) electrons. The van der Waals surface area contributed by atoms with Crippen molar-refractivity contribution in [1.82, 2.24) is 4.90 Å². The molecule has 0 saturated carbocycles. The van der Waals surface area contributed by atoms with Crippen LogP contribution in [0.15, 0.2) is 54.6 Å². The number of nitro benzene ring substituents is 1. The highest BCUT2D eigenvalue weighted by Gasteiger charge is 2.15. The topological polar surface area (TPSA) is 75.5 Å². The predicted octanol–water partition coefficient (Wildman–Crippen LogP) is 2.67. The van der Waals surface area contributed by atoms with Crippen LogP contribution < -0.4 is 5.32 Å². The van der Waals surface area contributed by atoms with Crippen molar-refractivity contribution >= 4 is 17.3 Å². The van der Waals surface area contributed by atoms with Crippen LogP contribution in [0, 0.1) is 10.1 Å². The standard InChI is InChI=1S/C16H17N3O3/c1-18(11-13-7-3-2-4-8-13)12-16(20)17-14-9-5-6-10-15(14)19(21)22/h2-10H,11-12H2,1H3,(H,17,20). The molecule has 2 aromatic rings. The van der Waals surface area contributed by atoms with Gasteiger partial charge in [-0.3, -0.25) is 19.8 Å². The number of hydrogen-bond donors (Lipinski definition) is 1. The van der Waals surface area contributed by atoms with Gasteiger partial charge in [-0.2, -0.15) is 0 Å². The first-order valence-corrected chi connectivity index (χ1v) is 6.82. The summed E-state index contributed by atoms with van der Waals surface area (Å²) in [6.45, 7) is 0.784. The number of nitrogens with one attached hydrogen (secondary N) is 1. The zero-order valence-electron chi connectivity index (χ0n) is 12.2. The third-order valence-corrected chi connectivity index (χ3v) is 3.08. The molecule has 6 heteroatoms. The second kappa shape index (κ2) is 7.33. The second-order valence-electron chi connectivity index (χ2n) is 4.98. The van der Waals surface area contributed by atoms with Crippen LogP contribution in [0.5, 0.6) is 0 Å². The number of carbonyl (C=O) groups excluding carboxylic acids is 1. The Kier molecular flexibility index (Phi) is 5.21. The predicted molar refractivity (Wildman–Crippen MR) is 84.5 cm³/mol. The number of para-hydroxylation sites is 2. The lowest BCUT2D eigenvalue weighted by atomic mass is 10.2. The fraction of sp³-hybridized carbons (Fsp3) is 0.188. The Morgan fingerprint density at radius 3 is 2.45 bits per heavy atom. The van der Waals surface area contributed by atoms with Gasteiger partial charge in [0.2, 0.25) is 5.91 Å². The molecular weight excluding hydrogens is 282 g/mol. The number of benzene rings is 2. The van der Waals surface area contributed by atoms with Crippen molar-refractivity contribution in [3.63, 3.8) is 0 Å². The average Bonchev–Trinajstić information content (AvgIpc) is 2.48. The van der Waals surface area contributed by atoms with Gasteiger partial charge in [-0.25, -0.2) is 0 Å². The van der Waals surface area contributed by atoms with Crippen molar-refractivity contribution in [1.29, 1.82) is 0 Å². The van der Waals surface area contributed by atoms with Crippen LogP contribution in [0.4, 0.5) is 11.4 Å². The average molecular weight is 299 g/mol. The third kappa shape index (κ3) is 4.39. The number of likely N-dealkylation sites (N-methyl/N-ethyl adjacent to an activating group) is 1. The monoisotopic (exact) mass is 299 g/mol. The van der Waals surface area contributed by atoms with E-state index in [4.69, 9.17) is 0 Å². The van der Waals surface area contributed by atoms with E-state index in [1.54, 1.807) is 12.1 Å². The number of nitro groups is 1. The van der Waals surface area contributed by atoms with Crippen molar-refractivity contribution in [2.75, 3.05) is 18.9 Å². The van der Waals surface area contributed by atoms with E-state index in [1.165, 1.54) is 12.1 Å². The van der Waals surface area contributed by atoms with Crippen molar-refractivity contribution in [2.45, 2.75) is 6.54 Å². The number of amides is 1. The maximum Gasteiger partial charge on any atom is 0.292 e. The molecule has 22 heavy (non-hydrogen) atoms. The number of nitrogens with zero attached hydrogens (tertiary/aromatic N) is 2. The van der Waals surface area contributed by atoms with Crippen molar-refractivity contribution in [2.24, 2.45) is 0 Å². The molecule has 0 aliphatic carbocycles. The molecule has 0 fully saturated rings. The zero-order chi connectivity index (χ0) is 15.9. The van der Waals surface area contributed by atoms with Gasteiger partial charge in [-0.05, 0) is 18.7 Å². The lowest BCUT2D eigenvalue weighted by molar-refractivity contribution is -0.383. The van der Waals surface area contributed by atoms with Crippen LogP contribution in [-0.4, -0.2) is 29.3 Å². The molecule has 0 spiro atoms. The fourth-order valence-corrected chi connectivity index (χ4v) is 2.12. The van der Waals surface area contributed by atoms with Gasteiger partial charge >= 0.3 is 0 Å². The minimum atomic E-state index is -0.511. The number of hydrogen-bond acceptors (Lipinski definition) is 4. The Labute approximate surface area is 128 Å². The molecule has 0 aliphatic rings. The first-order chi connectivity index (χ1) is 10.6. The van der Waals surface area contributed by atoms with Crippen LogP contribution in [0.3, 0.4) is 0 Å². The van der Waals surface area contributed by atoms with Crippen molar-refractivity contribution in [3.05, 3.63) is 70.3 Å². The van der Waals surface area contributed by atoms with Gasteiger partial charge in [-0.15, -0.1) is 0 Å². The molecule has 0 bridgehead atoms. The molecule has 1 N–H and O–H groups in total. The van der Waals surface area contributed by atoms with Crippen molar-refractivity contribution < 1.29 is 9.72 Å². The third-order valence-electron chi connectivity index (χ3n) is 3.08. The number of carbonyl (C=O) groups is 1. The lowest BCUT2D eigenvalue weighted by Gasteiger charge is -2.16. The molecule has 0 aliphatic heterocycles.